The number of phenolic OH excluding ortho intramolecular Hbond substituents is 4. The molecule has 0 heterocycles. The molecule has 0 aromatic heterocycles. The van der Waals surface area contributed by atoms with E-state index in [1.807, 2.05) is 0 Å². The smallest absolute Gasteiger partial charge is 0.200 e. The molecule has 0 unspecified atom stereocenters. The van der Waals surface area contributed by atoms with E-state index in [1.54, 1.807) is 24.3 Å². The molecule has 0 aliphatic heterocycles. The van der Waals surface area contributed by atoms with E-state index in [0.717, 1.165) is 0 Å². The highest BCUT2D eigenvalue weighted by Crippen LogP contribution is 2.38. The van der Waals surface area contributed by atoms with Crippen molar-refractivity contribution in [3.63, 3.8) is 0 Å². The molecule has 0 aliphatic rings. The summed E-state index contributed by atoms with van der Waals surface area (Å²) < 4.78 is 0. The molecule has 4 nitrogen and oxygen atoms in total. The molecule has 0 fully saturated rings. The normalized spacial score (nSPS) is 10.4. The van der Waals surface area contributed by atoms with Crippen LogP contribution in [0.5, 0.6) is 23.0 Å². The Morgan fingerprint density at radius 2 is 1.35 bits per heavy atom. The standard InChI is InChI=1S/C13H12O4/c14-10-4-2-1-3-8(10)7-9-5-6-11(15)13(17)12(9)16/h1-6,14-17H,7H2. The summed E-state index contributed by atoms with van der Waals surface area (Å²) in [7, 11) is 0. The Kier molecular flexibility index (Phi) is 2.78. The predicted octanol–water partition coefficient (Wildman–Crippen LogP) is 2.10. The van der Waals surface area contributed by atoms with Gasteiger partial charge in [-0.05, 0) is 17.7 Å². The maximum Gasteiger partial charge on any atom is 0.200 e. The minimum absolute atomic E-state index is 0.125. The summed E-state index contributed by atoms with van der Waals surface area (Å²) >= 11 is 0. The monoisotopic (exact) mass is 232 g/mol. The fourth-order valence-electron chi connectivity index (χ4n) is 1.62. The fourth-order valence-corrected chi connectivity index (χ4v) is 1.62. The first-order chi connectivity index (χ1) is 8.09. The van der Waals surface area contributed by atoms with E-state index in [2.05, 4.69) is 0 Å². The van der Waals surface area contributed by atoms with Gasteiger partial charge in [-0.25, -0.2) is 0 Å². The number of phenols is 4. The Morgan fingerprint density at radius 3 is 2.06 bits per heavy atom. The minimum atomic E-state index is -0.544. The van der Waals surface area contributed by atoms with Crippen LogP contribution in [0.4, 0.5) is 0 Å². The lowest BCUT2D eigenvalue weighted by molar-refractivity contribution is 0.365. The molecule has 0 spiro atoms. The van der Waals surface area contributed by atoms with E-state index in [0.29, 0.717) is 11.1 Å². The van der Waals surface area contributed by atoms with E-state index < -0.39 is 5.75 Å². The van der Waals surface area contributed by atoms with Gasteiger partial charge in [0.15, 0.2) is 11.5 Å². The van der Waals surface area contributed by atoms with Gasteiger partial charge in [0, 0.05) is 12.0 Å². The molecule has 0 radical (unpaired) electrons. The second kappa shape index (κ2) is 4.25. The largest absolute Gasteiger partial charge is 0.508 e. The lowest BCUT2D eigenvalue weighted by atomic mass is 10.0. The van der Waals surface area contributed by atoms with Crippen LogP contribution in [0.3, 0.4) is 0 Å². The van der Waals surface area contributed by atoms with E-state index in [-0.39, 0.29) is 23.7 Å². The summed E-state index contributed by atoms with van der Waals surface area (Å²) in [6.45, 7) is 0. The molecule has 0 atom stereocenters. The zero-order valence-electron chi connectivity index (χ0n) is 8.96. The van der Waals surface area contributed by atoms with Gasteiger partial charge in [-0.15, -0.1) is 0 Å². The second-order valence-corrected chi connectivity index (χ2v) is 3.75. The van der Waals surface area contributed by atoms with Crippen molar-refractivity contribution in [1.29, 1.82) is 0 Å². The van der Waals surface area contributed by atoms with Gasteiger partial charge in [-0.3, -0.25) is 0 Å². The Balaban J connectivity index is 2.38. The summed E-state index contributed by atoms with van der Waals surface area (Å²) in [6.07, 6.45) is 0.270. The number of hydrogen-bond donors (Lipinski definition) is 4. The number of rotatable bonds is 2. The Labute approximate surface area is 98.0 Å². The highest BCUT2D eigenvalue weighted by atomic mass is 16.3. The van der Waals surface area contributed by atoms with Crippen LogP contribution in [0.2, 0.25) is 0 Å². The van der Waals surface area contributed by atoms with E-state index in [9.17, 15) is 20.4 Å². The van der Waals surface area contributed by atoms with Gasteiger partial charge in [0.05, 0.1) is 0 Å². The zero-order valence-corrected chi connectivity index (χ0v) is 8.96. The third-order valence-electron chi connectivity index (χ3n) is 2.59. The highest BCUT2D eigenvalue weighted by Gasteiger charge is 2.12. The summed E-state index contributed by atoms with van der Waals surface area (Å²) in [6, 6.07) is 9.53. The van der Waals surface area contributed by atoms with Crippen LogP contribution in [-0.4, -0.2) is 20.4 Å². The number of benzene rings is 2. The third kappa shape index (κ3) is 2.10. The topological polar surface area (TPSA) is 80.9 Å². The van der Waals surface area contributed by atoms with Gasteiger partial charge in [-0.1, -0.05) is 24.3 Å². The number of para-hydroxylation sites is 1. The molecule has 0 saturated heterocycles. The Hall–Kier alpha value is -2.36. The lowest BCUT2D eigenvalue weighted by Crippen LogP contribution is -1.90. The molecular weight excluding hydrogens is 220 g/mol. The first-order valence-corrected chi connectivity index (χ1v) is 5.09. The number of aromatic hydroxyl groups is 4. The third-order valence-corrected chi connectivity index (χ3v) is 2.59. The maximum atomic E-state index is 9.64. The molecule has 17 heavy (non-hydrogen) atoms. The molecule has 2 aromatic rings. The quantitative estimate of drug-likeness (QED) is 0.598. The van der Waals surface area contributed by atoms with Crippen LogP contribution < -0.4 is 0 Å². The Bertz CT molecular complexity index is 549. The second-order valence-electron chi connectivity index (χ2n) is 3.75. The van der Waals surface area contributed by atoms with E-state index >= 15 is 0 Å². The summed E-state index contributed by atoms with van der Waals surface area (Å²) in [5.41, 5.74) is 1.06. The van der Waals surface area contributed by atoms with Crippen LogP contribution in [0.15, 0.2) is 36.4 Å². The number of hydrogen-bond acceptors (Lipinski definition) is 4. The van der Waals surface area contributed by atoms with Gasteiger partial charge in [0.1, 0.15) is 5.75 Å². The average molecular weight is 232 g/mol. The van der Waals surface area contributed by atoms with E-state index in [1.165, 1.54) is 12.1 Å². The van der Waals surface area contributed by atoms with Crippen molar-refractivity contribution >= 4 is 0 Å². The van der Waals surface area contributed by atoms with Gasteiger partial charge in [0.25, 0.3) is 0 Å². The minimum Gasteiger partial charge on any atom is -0.508 e. The fraction of sp³-hybridized carbons (Fsp3) is 0.0769. The van der Waals surface area contributed by atoms with Crippen LogP contribution in [0.1, 0.15) is 11.1 Å². The first kappa shape index (κ1) is 11.1. The average Bonchev–Trinajstić information content (AvgIpc) is 2.32. The molecule has 4 N–H and O–H groups in total. The Morgan fingerprint density at radius 1 is 0.647 bits per heavy atom. The molecule has 0 bridgehead atoms. The van der Waals surface area contributed by atoms with Crippen molar-refractivity contribution in [2.75, 3.05) is 0 Å². The molecule has 2 aromatic carbocycles. The van der Waals surface area contributed by atoms with Crippen LogP contribution in [-0.2, 0) is 6.42 Å². The van der Waals surface area contributed by atoms with Crippen LogP contribution >= 0.6 is 0 Å². The van der Waals surface area contributed by atoms with E-state index in [4.69, 9.17) is 0 Å². The van der Waals surface area contributed by atoms with Crippen LogP contribution in [0.25, 0.3) is 0 Å². The molecule has 2 rings (SSSR count). The predicted molar refractivity (Wildman–Crippen MR) is 62.3 cm³/mol. The first-order valence-electron chi connectivity index (χ1n) is 5.09. The van der Waals surface area contributed by atoms with Crippen molar-refractivity contribution in [2.45, 2.75) is 6.42 Å². The molecule has 88 valence electrons. The van der Waals surface area contributed by atoms with Crippen molar-refractivity contribution in [2.24, 2.45) is 0 Å². The van der Waals surface area contributed by atoms with Gasteiger partial charge < -0.3 is 20.4 Å². The molecule has 4 heteroatoms. The van der Waals surface area contributed by atoms with Crippen molar-refractivity contribution < 1.29 is 20.4 Å². The summed E-state index contributed by atoms with van der Waals surface area (Å²) in [4.78, 5) is 0. The maximum absolute atomic E-state index is 9.64. The molecule has 0 saturated carbocycles. The van der Waals surface area contributed by atoms with Crippen LogP contribution in [0, 0.1) is 0 Å². The summed E-state index contributed by atoms with van der Waals surface area (Å²) in [5, 5.41) is 37.8. The SMILES string of the molecule is Oc1ccccc1Cc1ccc(O)c(O)c1O. The van der Waals surface area contributed by atoms with Gasteiger partial charge in [0.2, 0.25) is 5.75 Å². The molecule has 0 amide bonds. The molecule has 0 aliphatic carbocycles. The van der Waals surface area contributed by atoms with Crippen molar-refractivity contribution in [3.05, 3.63) is 47.5 Å². The van der Waals surface area contributed by atoms with Gasteiger partial charge >= 0.3 is 0 Å². The molecular formula is C13H12O4. The van der Waals surface area contributed by atoms with Crippen molar-refractivity contribution in [3.8, 4) is 23.0 Å². The highest BCUT2D eigenvalue weighted by molar-refractivity contribution is 5.54. The lowest BCUT2D eigenvalue weighted by Gasteiger charge is -2.08. The summed E-state index contributed by atoms with van der Waals surface area (Å²) in [5.74, 6) is -1.16. The van der Waals surface area contributed by atoms with Gasteiger partial charge in [-0.2, -0.15) is 0 Å². The zero-order chi connectivity index (χ0) is 12.4. The van der Waals surface area contributed by atoms with Crippen molar-refractivity contribution in [1.82, 2.24) is 0 Å².